The largest absolute Gasteiger partial charge is 0.333 e. The average molecular weight is 128 g/mol. The fourth-order valence-electron chi connectivity index (χ4n) is 0. The van der Waals surface area contributed by atoms with Gasteiger partial charge >= 0.3 is 0 Å². The van der Waals surface area contributed by atoms with Gasteiger partial charge in [-0.15, -0.1) is 0 Å². The van der Waals surface area contributed by atoms with Gasteiger partial charge in [0.05, 0.1) is 0 Å². The zero-order valence-corrected chi connectivity index (χ0v) is 4.58. The van der Waals surface area contributed by atoms with Crippen LogP contribution in [0.4, 0.5) is 0 Å². The van der Waals surface area contributed by atoms with Gasteiger partial charge in [-0.05, 0) is 11.8 Å². The van der Waals surface area contributed by atoms with Crippen molar-refractivity contribution in [3.8, 4) is 0 Å². The van der Waals surface area contributed by atoms with Gasteiger partial charge in [0.2, 0.25) is 0 Å². The number of rotatable bonds is 1. The maximum Gasteiger partial charge on any atom is 0.272 e. The van der Waals surface area contributed by atoms with Crippen LogP contribution in [0, 0.1) is 0 Å². The molecule has 0 aliphatic carbocycles. The molecule has 0 fully saturated rings. The molecule has 0 radical (unpaired) electrons. The summed E-state index contributed by atoms with van der Waals surface area (Å²) in [5.41, 5.74) is 4.67. The molecule has 6 heavy (non-hydrogen) atoms. The van der Waals surface area contributed by atoms with E-state index in [-0.39, 0.29) is 0 Å². The van der Waals surface area contributed by atoms with E-state index in [1.54, 1.807) is 0 Å². The lowest BCUT2D eigenvalue weighted by Crippen LogP contribution is -2.02. The smallest absolute Gasteiger partial charge is 0.272 e. The fraction of sp³-hybridized carbons (Fsp3) is 0. The highest BCUT2D eigenvalue weighted by molar-refractivity contribution is 8.08. The summed E-state index contributed by atoms with van der Waals surface area (Å²) in [4.78, 5) is 8.18. The van der Waals surface area contributed by atoms with E-state index in [4.69, 9.17) is 4.89 Å². The minimum atomic E-state index is -3.04. The second kappa shape index (κ2) is 1.97. The normalized spacial score (nSPS) is 19.8. The molecule has 4 nitrogen and oxygen atoms in total. The average Bonchev–Trinajstić information content (AvgIpc) is 1.35. The van der Waals surface area contributed by atoms with Crippen molar-refractivity contribution in [1.29, 1.82) is 0 Å². The molecule has 5 N–H and O–H groups in total. The number of hydrogen-bond donors (Lipinski definition) is 3. The Hall–Kier alpha value is 0.490. The number of nitrogens with two attached hydrogens (primary N) is 2. The van der Waals surface area contributed by atoms with Crippen LogP contribution < -0.4 is 11.4 Å². The quantitative estimate of drug-likeness (QED) is 0.313. The lowest BCUT2D eigenvalue weighted by Gasteiger charge is -1.99. The fourth-order valence-corrected chi connectivity index (χ4v) is 0. The highest BCUT2D eigenvalue weighted by Gasteiger charge is 1.98. The van der Waals surface area contributed by atoms with Crippen molar-refractivity contribution >= 4 is 18.4 Å². The van der Waals surface area contributed by atoms with Gasteiger partial charge in [-0.25, -0.2) is 10.5 Å². The van der Waals surface area contributed by atoms with Crippen molar-refractivity contribution in [2.24, 2.45) is 11.4 Å². The monoisotopic (exact) mass is 128 g/mol. The van der Waals surface area contributed by atoms with Crippen LogP contribution in [0.15, 0.2) is 0 Å². The molecule has 0 saturated heterocycles. The van der Waals surface area contributed by atoms with Gasteiger partial charge in [0, 0.05) is 0 Å². The van der Waals surface area contributed by atoms with Crippen LogP contribution in [0.2, 0.25) is 0 Å². The van der Waals surface area contributed by atoms with Crippen LogP contribution in [0.5, 0.6) is 0 Å². The van der Waals surface area contributed by atoms with Crippen molar-refractivity contribution in [3.63, 3.8) is 0 Å². The first-order valence-electron chi connectivity index (χ1n) is 1.06. The molecule has 0 aliphatic heterocycles. The Balaban J connectivity index is 3.48. The summed E-state index contributed by atoms with van der Waals surface area (Å²) in [6.07, 6.45) is 0. The lowest BCUT2D eigenvalue weighted by atomic mass is 13.6. The third-order valence-electron chi connectivity index (χ3n) is 0.151. The molecule has 0 aromatic carbocycles. The first-order chi connectivity index (χ1) is 2.56. The Kier molecular flexibility index (Phi) is 2.13. The van der Waals surface area contributed by atoms with E-state index in [2.05, 4.69) is 27.8 Å². The second-order valence-corrected chi connectivity index (χ2v) is 3.58. The molecular formula is H5N2O2PS. The Labute approximate surface area is 40.3 Å². The van der Waals surface area contributed by atoms with Crippen LogP contribution in [0.25, 0.3) is 0 Å². The SMILES string of the molecule is NOP(N)(O)=S. The van der Waals surface area contributed by atoms with Crippen molar-refractivity contribution in [3.05, 3.63) is 0 Å². The van der Waals surface area contributed by atoms with E-state index in [9.17, 15) is 0 Å². The topological polar surface area (TPSA) is 81.5 Å². The van der Waals surface area contributed by atoms with Crippen LogP contribution in [0.3, 0.4) is 0 Å². The molecule has 0 amide bonds. The third kappa shape index (κ3) is 4.49. The summed E-state index contributed by atoms with van der Waals surface area (Å²) < 4.78 is 3.70. The highest BCUT2D eigenvalue weighted by Crippen LogP contribution is 2.27. The summed E-state index contributed by atoms with van der Waals surface area (Å²) >= 11 is 4.08. The first kappa shape index (κ1) is 6.49. The minimum absolute atomic E-state index is 3.04. The van der Waals surface area contributed by atoms with Gasteiger partial charge in [0.1, 0.15) is 0 Å². The lowest BCUT2D eigenvalue weighted by molar-refractivity contribution is 0.322. The highest BCUT2D eigenvalue weighted by atomic mass is 32.5. The molecule has 0 rings (SSSR count). The van der Waals surface area contributed by atoms with Crippen LogP contribution >= 0.6 is 6.64 Å². The Morgan fingerprint density at radius 1 is 1.83 bits per heavy atom. The standard InChI is InChI=1S/H5N2O2PS/c1-4-5(2,3)6/h1H2,(H3,2,3,6). The Bertz CT molecular complexity index is 75.6. The molecule has 38 valence electrons. The van der Waals surface area contributed by atoms with E-state index < -0.39 is 6.64 Å². The minimum Gasteiger partial charge on any atom is -0.333 e. The van der Waals surface area contributed by atoms with E-state index >= 15 is 0 Å². The van der Waals surface area contributed by atoms with E-state index in [1.165, 1.54) is 0 Å². The molecule has 0 saturated carbocycles. The van der Waals surface area contributed by atoms with E-state index in [0.717, 1.165) is 0 Å². The van der Waals surface area contributed by atoms with Crippen LogP contribution in [-0.4, -0.2) is 4.89 Å². The van der Waals surface area contributed by atoms with Gasteiger partial charge in [0.15, 0.2) is 0 Å². The van der Waals surface area contributed by atoms with Crippen LogP contribution in [-0.2, 0) is 16.4 Å². The summed E-state index contributed by atoms with van der Waals surface area (Å²) in [6.45, 7) is -3.04. The molecule has 0 aromatic rings. The maximum absolute atomic E-state index is 8.18. The molecule has 1 unspecified atom stereocenters. The predicted molar refractivity (Wildman–Crippen MR) is 26.0 cm³/mol. The molecule has 0 aliphatic rings. The second-order valence-electron chi connectivity index (χ2n) is 0.670. The summed E-state index contributed by atoms with van der Waals surface area (Å²) in [5, 5.41) is 0. The molecule has 0 heterocycles. The Morgan fingerprint density at radius 3 is 2.00 bits per heavy atom. The zero-order valence-electron chi connectivity index (χ0n) is 2.87. The summed E-state index contributed by atoms with van der Waals surface area (Å²) in [7, 11) is 0. The molecule has 6 heteroatoms. The van der Waals surface area contributed by atoms with Crippen molar-refractivity contribution < 1.29 is 9.52 Å². The van der Waals surface area contributed by atoms with Crippen molar-refractivity contribution in [2.75, 3.05) is 0 Å². The van der Waals surface area contributed by atoms with Crippen LogP contribution in [0.1, 0.15) is 0 Å². The van der Waals surface area contributed by atoms with Crippen molar-refractivity contribution in [1.82, 2.24) is 0 Å². The van der Waals surface area contributed by atoms with Gasteiger partial charge in [-0.3, -0.25) is 5.50 Å². The molecule has 0 aromatic heterocycles. The van der Waals surface area contributed by atoms with Gasteiger partial charge in [-0.1, -0.05) is 0 Å². The van der Waals surface area contributed by atoms with Gasteiger partial charge in [-0.2, -0.15) is 0 Å². The molecular weight excluding hydrogens is 123 g/mol. The maximum atomic E-state index is 8.18. The Morgan fingerprint density at radius 2 is 2.00 bits per heavy atom. The summed E-state index contributed by atoms with van der Waals surface area (Å²) in [6, 6.07) is 0. The predicted octanol–water partition coefficient (Wildman–Crippen LogP) is -0.948. The van der Waals surface area contributed by atoms with E-state index in [0.29, 0.717) is 0 Å². The van der Waals surface area contributed by atoms with Crippen molar-refractivity contribution in [2.45, 2.75) is 0 Å². The van der Waals surface area contributed by atoms with Gasteiger partial charge < -0.3 is 4.89 Å². The first-order valence-corrected chi connectivity index (χ1v) is 3.80. The van der Waals surface area contributed by atoms with E-state index in [1.807, 2.05) is 0 Å². The van der Waals surface area contributed by atoms with Gasteiger partial charge in [0.25, 0.3) is 6.64 Å². The summed E-state index contributed by atoms with van der Waals surface area (Å²) in [5.74, 6) is 4.38. The molecule has 1 atom stereocenters. The molecule has 0 bridgehead atoms. The molecule has 0 spiro atoms. The third-order valence-corrected chi connectivity index (χ3v) is 0.711. The zero-order chi connectivity index (χ0) is 5.21. The number of hydrogen-bond acceptors (Lipinski definition) is 3.